The largest absolute Gasteiger partial charge is 0.373 e. The number of hydrogen-bond acceptors (Lipinski definition) is 4. The number of nitrogens with one attached hydrogen (secondary N) is 1. The minimum Gasteiger partial charge on any atom is -0.373 e. The van der Waals surface area contributed by atoms with Crippen LogP contribution in [0.5, 0.6) is 0 Å². The zero-order chi connectivity index (χ0) is 14.3. The van der Waals surface area contributed by atoms with Gasteiger partial charge >= 0.3 is 0 Å². The number of ether oxygens (including phenoxy) is 1. The third-order valence-corrected chi connectivity index (χ3v) is 5.63. The standard InChI is InChI=1S/C14H20N2O3S/c1-9(15)10-2-5-12(6-3-10)20(17,18)16-13-8-11-4-7-14(13)19-11/h2-3,5-6,9,11,13-14,16H,4,7-8,15H2,1H3. The highest BCUT2D eigenvalue weighted by Gasteiger charge is 2.42. The summed E-state index contributed by atoms with van der Waals surface area (Å²) < 4.78 is 33.1. The summed E-state index contributed by atoms with van der Waals surface area (Å²) in [4.78, 5) is 0.282. The van der Waals surface area contributed by atoms with Gasteiger partial charge in [-0.1, -0.05) is 12.1 Å². The van der Waals surface area contributed by atoms with Gasteiger partial charge < -0.3 is 10.5 Å². The Balaban J connectivity index is 1.74. The van der Waals surface area contributed by atoms with Gasteiger partial charge in [-0.3, -0.25) is 0 Å². The Morgan fingerprint density at radius 3 is 2.50 bits per heavy atom. The van der Waals surface area contributed by atoms with Crippen LogP contribution in [-0.4, -0.2) is 26.7 Å². The van der Waals surface area contributed by atoms with Crippen LogP contribution in [0.2, 0.25) is 0 Å². The average Bonchev–Trinajstić information content (AvgIpc) is 3.00. The van der Waals surface area contributed by atoms with E-state index in [0.717, 1.165) is 24.8 Å². The maximum Gasteiger partial charge on any atom is 0.240 e. The fourth-order valence-corrected chi connectivity index (χ4v) is 4.26. The highest BCUT2D eigenvalue weighted by Crippen LogP contribution is 2.35. The predicted octanol–water partition coefficient (Wildman–Crippen LogP) is 1.30. The van der Waals surface area contributed by atoms with E-state index >= 15 is 0 Å². The first-order valence-corrected chi connectivity index (χ1v) is 8.47. The molecule has 2 aliphatic rings. The second-order valence-electron chi connectivity index (χ2n) is 5.70. The van der Waals surface area contributed by atoms with Crippen LogP contribution >= 0.6 is 0 Å². The van der Waals surface area contributed by atoms with E-state index in [-0.39, 0.29) is 29.2 Å². The van der Waals surface area contributed by atoms with E-state index in [2.05, 4.69) is 4.72 Å². The first kappa shape index (κ1) is 14.0. The number of hydrogen-bond donors (Lipinski definition) is 2. The van der Waals surface area contributed by atoms with Gasteiger partial charge in [0.05, 0.1) is 23.1 Å². The van der Waals surface area contributed by atoms with E-state index in [9.17, 15) is 8.42 Å². The van der Waals surface area contributed by atoms with Crippen LogP contribution in [-0.2, 0) is 14.8 Å². The van der Waals surface area contributed by atoms with E-state index in [1.807, 2.05) is 6.92 Å². The maximum absolute atomic E-state index is 12.3. The molecular weight excluding hydrogens is 276 g/mol. The summed E-state index contributed by atoms with van der Waals surface area (Å²) in [6.07, 6.45) is 3.04. The summed E-state index contributed by atoms with van der Waals surface area (Å²) in [5.74, 6) is 0. The highest BCUT2D eigenvalue weighted by atomic mass is 32.2. The number of rotatable bonds is 4. The van der Waals surface area contributed by atoms with Crippen LogP contribution in [0.1, 0.15) is 37.8 Å². The molecular formula is C14H20N2O3S. The van der Waals surface area contributed by atoms with Crippen LogP contribution in [0.4, 0.5) is 0 Å². The summed E-state index contributed by atoms with van der Waals surface area (Å²) in [5, 5.41) is 0. The van der Waals surface area contributed by atoms with E-state index in [1.165, 1.54) is 0 Å². The topological polar surface area (TPSA) is 81.4 Å². The first-order chi connectivity index (χ1) is 9.45. The lowest BCUT2D eigenvalue weighted by molar-refractivity contribution is 0.0996. The SMILES string of the molecule is CC(N)c1ccc(S(=O)(=O)NC2CC3CCC2O3)cc1. The molecule has 0 spiro atoms. The van der Waals surface area contributed by atoms with Crippen molar-refractivity contribution in [3.05, 3.63) is 29.8 Å². The second kappa shape index (κ2) is 5.11. The lowest BCUT2D eigenvalue weighted by atomic mass is 9.96. The van der Waals surface area contributed by atoms with E-state index in [4.69, 9.17) is 10.5 Å². The number of benzene rings is 1. The van der Waals surface area contributed by atoms with Gasteiger partial charge in [0.25, 0.3) is 0 Å². The van der Waals surface area contributed by atoms with Crippen molar-refractivity contribution >= 4 is 10.0 Å². The Kier molecular flexibility index (Phi) is 3.58. The molecule has 5 nitrogen and oxygen atoms in total. The monoisotopic (exact) mass is 296 g/mol. The zero-order valence-corrected chi connectivity index (χ0v) is 12.3. The Hall–Kier alpha value is -0.950. The second-order valence-corrected chi connectivity index (χ2v) is 7.41. The molecule has 0 amide bonds. The van der Waals surface area contributed by atoms with Crippen molar-refractivity contribution in [3.63, 3.8) is 0 Å². The van der Waals surface area contributed by atoms with Crippen molar-refractivity contribution < 1.29 is 13.2 Å². The normalized spacial score (nSPS) is 30.6. The molecule has 2 fully saturated rings. The van der Waals surface area contributed by atoms with Crippen molar-refractivity contribution in [1.82, 2.24) is 4.72 Å². The van der Waals surface area contributed by atoms with Crippen LogP contribution < -0.4 is 10.5 Å². The van der Waals surface area contributed by atoms with Gasteiger partial charge in [0, 0.05) is 6.04 Å². The van der Waals surface area contributed by atoms with Crippen molar-refractivity contribution in [2.75, 3.05) is 0 Å². The average molecular weight is 296 g/mol. The molecule has 0 saturated carbocycles. The molecule has 2 aliphatic heterocycles. The summed E-state index contributed by atoms with van der Waals surface area (Å²) in [6, 6.07) is 6.54. The summed E-state index contributed by atoms with van der Waals surface area (Å²) >= 11 is 0. The lowest BCUT2D eigenvalue weighted by Crippen LogP contribution is -2.41. The molecule has 2 bridgehead atoms. The molecule has 2 heterocycles. The molecule has 20 heavy (non-hydrogen) atoms. The fraction of sp³-hybridized carbons (Fsp3) is 0.571. The Labute approximate surface area is 119 Å². The van der Waals surface area contributed by atoms with Gasteiger partial charge in [0.15, 0.2) is 0 Å². The van der Waals surface area contributed by atoms with Crippen molar-refractivity contribution in [2.45, 2.75) is 55.4 Å². The summed E-state index contributed by atoms with van der Waals surface area (Å²) in [7, 11) is -3.48. The molecule has 3 rings (SSSR count). The third kappa shape index (κ3) is 2.61. The van der Waals surface area contributed by atoms with Gasteiger partial charge in [0.1, 0.15) is 0 Å². The maximum atomic E-state index is 12.3. The Morgan fingerprint density at radius 1 is 1.30 bits per heavy atom. The van der Waals surface area contributed by atoms with Crippen LogP contribution in [0, 0.1) is 0 Å². The smallest absolute Gasteiger partial charge is 0.240 e. The molecule has 0 aromatic heterocycles. The zero-order valence-electron chi connectivity index (χ0n) is 11.5. The van der Waals surface area contributed by atoms with Crippen molar-refractivity contribution in [2.24, 2.45) is 5.73 Å². The van der Waals surface area contributed by atoms with E-state index < -0.39 is 10.0 Å². The Bertz CT molecular complexity index is 583. The van der Waals surface area contributed by atoms with E-state index in [0.29, 0.717) is 0 Å². The van der Waals surface area contributed by atoms with Gasteiger partial charge in [-0.2, -0.15) is 0 Å². The number of fused-ring (bicyclic) bond motifs is 2. The Morgan fingerprint density at radius 2 is 2.00 bits per heavy atom. The van der Waals surface area contributed by atoms with Crippen LogP contribution in [0.3, 0.4) is 0 Å². The molecule has 1 aromatic carbocycles. The molecule has 4 atom stereocenters. The summed E-state index contributed by atoms with van der Waals surface area (Å²) in [5.41, 5.74) is 6.69. The molecule has 110 valence electrons. The molecule has 3 N–H and O–H groups in total. The lowest BCUT2D eigenvalue weighted by Gasteiger charge is -2.20. The highest BCUT2D eigenvalue weighted by molar-refractivity contribution is 7.89. The minimum atomic E-state index is -3.48. The number of nitrogens with two attached hydrogens (primary N) is 1. The summed E-state index contributed by atoms with van der Waals surface area (Å²) in [6.45, 7) is 1.87. The third-order valence-electron chi connectivity index (χ3n) is 4.13. The van der Waals surface area contributed by atoms with Crippen LogP contribution in [0.15, 0.2) is 29.2 Å². The van der Waals surface area contributed by atoms with Gasteiger partial charge in [0.2, 0.25) is 10.0 Å². The fourth-order valence-electron chi connectivity index (χ4n) is 2.98. The van der Waals surface area contributed by atoms with Gasteiger partial charge in [-0.15, -0.1) is 0 Å². The molecule has 6 heteroatoms. The molecule has 0 aliphatic carbocycles. The van der Waals surface area contributed by atoms with Crippen molar-refractivity contribution in [3.8, 4) is 0 Å². The molecule has 0 radical (unpaired) electrons. The molecule has 4 unspecified atom stereocenters. The quantitative estimate of drug-likeness (QED) is 0.877. The molecule has 2 saturated heterocycles. The minimum absolute atomic E-state index is 0.0399. The van der Waals surface area contributed by atoms with E-state index in [1.54, 1.807) is 24.3 Å². The van der Waals surface area contributed by atoms with Gasteiger partial charge in [-0.25, -0.2) is 13.1 Å². The number of sulfonamides is 1. The molecule has 1 aromatic rings. The first-order valence-electron chi connectivity index (χ1n) is 6.99. The van der Waals surface area contributed by atoms with Crippen LogP contribution in [0.25, 0.3) is 0 Å². The van der Waals surface area contributed by atoms with Crippen molar-refractivity contribution in [1.29, 1.82) is 0 Å². The van der Waals surface area contributed by atoms with Gasteiger partial charge in [-0.05, 0) is 43.9 Å². The predicted molar refractivity (Wildman–Crippen MR) is 75.7 cm³/mol.